The van der Waals surface area contributed by atoms with E-state index in [1.807, 2.05) is 18.2 Å². The van der Waals surface area contributed by atoms with Gasteiger partial charge in [0.05, 0.1) is 0 Å². The zero-order valence-corrected chi connectivity index (χ0v) is 34.0. The van der Waals surface area contributed by atoms with Gasteiger partial charge in [-0.05, 0) is 175 Å². The van der Waals surface area contributed by atoms with E-state index in [0.717, 1.165) is 51.2 Å². The highest BCUT2D eigenvalue weighted by atomic mass is 16.3. The molecule has 0 radical (unpaired) electrons. The molecule has 4 bridgehead atoms. The minimum atomic E-state index is 0.123. The Bertz CT molecular complexity index is 3270. The molecule has 1 nitrogen and oxygen atoms in total. The molecule has 4 fully saturated rings. The molecule has 0 aliphatic heterocycles. The molecule has 4 saturated carbocycles. The first-order valence-electron chi connectivity index (χ1n) is 22.1. The topological polar surface area (TPSA) is 13.1 Å². The molecule has 14 rings (SSSR count). The fourth-order valence-corrected chi connectivity index (χ4v) is 13.5. The molecule has 0 amide bonds. The number of allylic oxidation sites excluding steroid dienone is 2. The zero-order valence-electron chi connectivity index (χ0n) is 34.0. The second-order valence-corrected chi connectivity index (χ2v) is 18.5. The summed E-state index contributed by atoms with van der Waals surface area (Å²) < 4.78 is 6.26. The Morgan fingerprint density at radius 2 is 1.13 bits per heavy atom. The molecule has 60 heavy (non-hydrogen) atoms. The van der Waals surface area contributed by atoms with E-state index in [2.05, 4.69) is 159 Å². The molecule has 8 aromatic carbocycles. The van der Waals surface area contributed by atoms with Crippen molar-refractivity contribution in [3.63, 3.8) is 0 Å². The fourth-order valence-electron chi connectivity index (χ4n) is 13.5. The standard InChI is InChI=1S/C59H46O/c1-3-4-12-45-35(2)56(40-20-18-38(19-21-40)41-22-25-48-47-14-9-10-17-54(47)60-55(48)34-41)49-15-7-8-16-50(49)57(45)42-24-26-52-51(33-42)58-46-13-6-5-11-39(46)23-27-53(58)59(52)43-29-36-28-37(31-43)32-44(59)30-36/h3-27,33-34,36-37,43-44H,1,28-32H2,2H3/b12-4-. The summed E-state index contributed by atoms with van der Waals surface area (Å²) in [6.45, 7) is 6.43. The van der Waals surface area contributed by atoms with Crippen LogP contribution in [0.4, 0.5) is 0 Å². The van der Waals surface area contributed by atoms with Gasteiger partial charge in [0.2, 0.25) is 0 Å². The Morgan fingerprint density at radius 3 is 1.90 bits per heavy atom. The van der Waals surface area contributed by atoms with Crippen LogP contribution in [0.5, 0.6) is 0 Å². The van der Waals surface area contributed by atoms with E-state index >= 15 is 0 Å². The van der Waals surface area contributed by atoms with Gasteiger partial charge in [-0.3, -0.25) is 0 Å². The molecule has 5 aliphatic carbocycles. The van der Waals surface area contributed by atoms with Crippen molar-refractivity contribution in [2.75, 3.05) is 0 Å². The third-order valence-corrected chi connectivity index (χ3v) is 15.6. The molecular formula is C59H46O. The maximum absolute atomic E-state index is 6.26. The summed E-state index contributed by atoms with van der Waals surface area (Å²) in [6, 6.07) is 54.9. The summed E-state index contributed by atoms with van der Waals surface area (Å²) >= 11 is 0. The number of furan rings is 1. The van der Waals surface area contributed by atoms with Crippen LogP contribution in [0.1, 0.15) is 54.4 Å². The first-order valence-corrected chi connectivity index (χ1v) is 22.1. The summed E-state index contributed by atoms with van der Waals surface area (Å²) in [5.74, 6) is 3.30. The van der Waals surface area contributed by atoms with E-state index in [9.17, 15) is 0 Å². The lowest BCUT2D eigenvalue weighted by atomic mass is 9.43. The first-order chi connectivity index (χ1) is 29.6. The highest BCUT2D eigenvalue weighted by Crippen LogP contribution is 2.70. The number of hydrogen-bond acceptors (Lipinski definition) is 1. The first kappa shape index (κ1) is 34.4. The average molecular weight is 771 g/mol. The molecule has 0 saturated heterocycles. The summed E-state index contributed by atoms with van der Waals surface area (Å²) in [7, 11) is 0. The smallest absolute Gasteiger partial charge is 0.136 e. The van der Waals surface area contributed by atoms with Crippen molar-refractivity contribution < 1.29 is 4.42 Å². The fraction of sp³-hybridized carbons (Fsp3) is 0.186. The van der Waals surface area contributed by atoms with Gasteiger partial charge >= 0.3 is 0 Å². The predicted molar refractivity (Wildman–Crippen MR) is 252 cm³/mol. The average Bonchev–Trinajstić information content (AvgIpc) is 3.80. The second-order valence-electron chi connectivity index (χ2n) is 18.5. The summed E-state index contributed by atoms with van der Waals surface area (Å²) in [5, 5.41) is 7.62. The van der Waals surface area contributed by atoms with Gasteiger partial charge in [-0.15, -0.1) is 0 Å². The van der Waals surface area contributed by atoms with Crippen LogP contribution in [0.3, 0.4) is 0 Å². The van der Waals surface area contributed by atoms with Gasteiger partial charge < -0.3 is 4.42 Å². The predicted octanol–water partition coefficient (Wildman–Crippen LogP) is 16.1. The van der Waals surface area contributed by atoms with Crippen LogP contribution < -0.4 is 0 Å². The maximum Gasteiger partial charge on any atom is 0.136 e. The lowest BCUT2D eigenvalue weighted by Crippen LogP contribution is -2.55. The minimum Gasteiger partial charge on any atom is -0.456 e. The van der Waals surface area contributed by atoms with E-state index in [4.69, 9.17) is 4.42 Å². The Hall–Kier alpha value is -6.44. The van der Waals surface area contributed by atoms with Crippen molar-refractivity contribution in [2.45, 2.75) is 44.4 Å². The van der Waals surface area contributed by atoms with Gasteiger partial charge in [-0.1, -0.05) is 146 Å². The molecule has 9 aromatic rings. The number of benzene rings is 8. The monoisotopic (exact) mass is 770 g/mol. The van der Waals surface area contributed by atoms with E-state index in [1.54, 1.807) is 11.1 Å². The molecule has 0 atom stereocenters. The van der Waals surface area contributed by atoms with Crippen LogP contribution in [0.2, 0.25) is 0 Å². The van der Waals surface area contributed by atoms with Crippen LogP contribution in [-0.2, 0) is 5.41 Å². The molecule has 0 N–H and O–H groups in total. The van der Waals surface area contributed by atoms with Crippen LogP contribution in [0, 0.1) is 30.6 Å². The normalized spacial score (nSPS) is 22.5. The van der Waals surface area contributed by atoms with Crippen molar-refractivity contribution in [1.29, 1.82) is 0 Å². The van der Waals surface area contributed by atoms with Gasteiger partial charge in [0.25, 0.3) is 0 Å². The summed E-state index contributed by atoms with van der Waals surface area (Å²) in [4.78, 5) is 0. The quantitative estimate of drug-likeness (QED) is 0.159. The third kappa shape index (κ3) is 4.69. The van der Waals surface area contributed by atoms with Crippen LogP contribution in [-0.4, -0.2) is 0 Å². The summed E-state index contributed by atoms with van der Waals surface area (Å²) in [6.07, 6.45) is 13.3. The molecule has 0 unspecified atom stereocenters. The Balaban J connectivity index is 0.986. The van der Waals surface area contributed by atoms with Crippen molar-refractivity contribution in [2.24, 2.45) is 23.7 Å². The Kier molecular flexibility index (Phi) is 7.33. The maximum atomic E-state index is 6.26. The molecule has 1 heterocycles. The van der Waals surface area contributed by atoms with Gasteiger partial charge in [0, 0.05) is 16.2 Å². The van der Waals surface area contributed by atoms with Gasteiger partial charge in [0.15, 0.2) is 0 Å². The van der Waals surface area contributed by atoms with Crippen LogP contribution >= 0.6 is 0 Å². The lowest BCUT2D eigenvalue weighted by molar-refractivity contribution is -0.0399. The Morgan fingerprint density at radius 1 is 0.517 bits per heavy atom. The van der Waals surface area contributed by atoms with E-state index in [0.29, 0.717) is 0 Å². The third-order valence-electron chi connectivity index (χ3n) is 15.6. The number of rotatable bonds is 5. The molecule has 1 aromatic heterocycles. The summed E-state index contributed by atoms with van der Waals surface area (Å²) in [5.41, 5.74) is 18.1. The number of fused-ring (bicyclic) bond motifs is 9. The van der Waals surface area contributed by atoms with Gasteiger partial charge in [-0.25, -0.2) is 0 Å². The second kappa shape index (κ2) is 12.8. The lowest BCUT2D eigenvalue weighted by Gasteiger charge is -2.61. The van der Waals surface area contributed by atoms with Crippen LogP contribution in [0.15, 0.2) is 169 Å². The van der Waals surface area contributed by atoms with Gasteiger partial charge in [-0.2, -0.15) is 0 Å². The zero-order chi connectivity index (χ0) is 39.7. The van der Waals surface area contributed by atoms with E-state index in [-0.39, 0.29) is 5.41 Å². The van der Waals surface area contributed by atoms with Crippen molar-refractivity contribution in [3.05, 3.63) is 187 Å². The molecular weight excluding hydrogens is 725 g/mol. The highest BCUT2D eigenvalue weighted by molar-refractivity contribution is 6.11. The van der Waals surface area contributed by atoms with Crippen LogP contribution in [0.25, 0.3) is 94.1 Å². The van der Waals surface area contributed by atoms with E-state index < -0.39 is 0 Å². The van der Waals surface area contributed by atoms with Crippen molar-refractivity contribution in [1.82, 2.24) is 0 Å². The highest BCUT2D eigenvalue weighted by Gasteiger charge is 2.61. The largest absolute Gasteiger partial charge is 0.456 e. The number of hydrogen-bond donors (Lipinski definition) is 0. The SMILES string of the molecule is C=C/C=C\c1c(C)c(-c2ccc(-c3ccc4c(c3)oc3ccccc34)cc2)c2ccccc2c1-c1ccc2c(c1)-c1c(ccc3ccccc13)C21C2CC3CC(C2)CC1C3. The Labute approximate surface area is 351 Å². The van der Waals surface area contributed by atoms with Gasteiger partial charge in [0.1, 0.15) is 11.2 Å². The van der Waals surface area contributed by atoms with Crippen molar-refractivity contribution >= 4 is 49.6 Å². The number of para-hydroxylation sites is 1. The molecule has 1 spiro atoms. The molecule has 1 heteroatoms. The molecule has 5 aliphatic rings. The van der Waals surface area contributed by atoms with Crippen molar-refractivity contribution in [3.8, 4) is 44.5 Å². The molecule has 288 valence electrons. The minimum absolute atomic E-state index is 0.123. The van der Waals surface area contributed by atoms with E-state index in [1.165, 1.54) is 104 Å².